The van der Waals surface area contributed by atoms with Gasteiger partial charge in [0.25, 0.3) is 0 Å². The first-order valence-electron chi connectivity index (χ1n) is 9.05. The van der Waals surface area contributed by atoms with Crippen LogP contribution in [0.25, 0.3) is 0 Å². The van der Waals surface area contributed by atoms with E-state index in [-0.39, 0.29) is 30.0 Å². The molecule has 0 unspecified atom stereocenters. The number of rotatable bonds is 6. The zero-order valence-electron chi connectivity index (χ0n) is 14.5. The Bertz CT molecular complexity index is 397. The van der Waals surface area contributed by atoms with Gasteiger partial charge < -0.3 is 20.3 Å². The molecule has 0 bridgehead atoms. The second kappa shape index (κ2) is 9.11. The fourth-order valence-corrected chi connectivity index (χ4v) is 3.24. The number of likely N-dealkylation sites (tertiary alicyclic amines) is 1. The lowest BCUT2D eigenvalue weighted by molar-refractivity contribution is -0.126. The van der Waals surface area contributed by atoms with E-state index in [1.165, 1.54) is 0 Å². The van der Waals surface area contributed by atoms with Gasteiger partial charge in [-0.2, -0.15) is 0 Å². The molecule has 0 aliphatic carbocycles. The molecule has 2 fully saturated rings. The van der Waals surface area contributed by atoms with Gasteiger partial charge in [-0.25, -0.2) is 4.79 Å². The Morgan fingerprint density at radius 1 is 1.22 bits per heavy atom. The number of unbranched alkanes of at least 4 members (excludes halogenated alkanes) is 1. The number of hydrogen-bond acceptors (Lipinski definition) is 3. The van der Waals surface area contributed by atoms with Gasteiger partial charge in [0.2, 0.25) is 5.91 Å². The molecule has 0 saturated carbocycles. The number of urea groups is 1. The molecule has 6 nitrogen and oxygen atoms in total. The average Bonchev–Trinajstić information content (AvgIpc) is 3.06. The summed E-state index contributed by atoms with van der Waals surface area (Å²) in [5.74, 6) is -0.00110. The predicted molar refractivity (Wildman–Crippen MR) is 89.2 cm³/mol. The Morgan fingerprint density at radius 2 is 2.04 bits per heavy atom. The summed E-state index contributed by atoms with van der Waals surface area (Å²) in [6.45, 7) is 6.75. The van der Waals surface area contributed by atoms with Gasteiger partial charge in [0.05, 0.1) is 12.0 Å². The third-order valence-corrected chi connectivity index (χ3v) is 4.85. The standard InChI is InChI=1S/C17H31N3O3/c1-3-4-9-18-16(21)14-8-7-13(2)20(12-14)17(22)19-11-15-6-5-10-23-15/h13-15H,3-12H2,1-2H3,(H,18,21)(H,19,22)/t13-,14-,15-/m1/s1. The molecule has 3 amide bonds. The topological polar surface area (TPSA) is 70.7 Å². The van der Waals surface area contributed by atoms with Gasteiger partial charge in [-0.15, -0.1) is 0 Å². The highest BCUT2D eigenvalue weighted by Crippen LogP contribution is 2.22. The van der Waals surface area contributed by atoms with E-state index in [4.69, 9.17) is 4.74 Å². The van der Waals surface area contributed by atoms with Crippen LogP contribution < -0.4 is 10.6 Å². The van der Waals surface area contributed by atoms with Crippen LogP contribution in [0.15, 0.2) is 0 Å². The van der Waals surface area contributed by atoms with Crippen LogP contribution in [0.2, 0.25) is 0 Å². The zero-order chi connectivity index (χ0) is 16.7. The molecule has 132 valence electrons. The Kier molecular flexibility index (Phi) is 7.15. The van der Waals surface area contributed by atoms with Crippen LogP contribution in [0.4, 0.5) is 4.79 Å². The fourth-order valence-electron chi connectivity index (χ4n) is 3.24. The highest BCUT2D eigenvalue weighted by atomic mass is 16.5. The number of nitrogens with zero attached hydrogens (tertiary/aromatic N) is 1. The van der Waals surface area contributed by atoms with Crippen LogP contribution in [0.1, 0.15) is 52.4 Å². The first-order valence-corrected chi connectivity index (χ1v) is 9.05. The summed E-state index contributed by atoms with van der Waals surface area (Å²) in [4.78, 5) is 26.5. The van der Waals surface area contributed by atoms with Gasteiger partial charge in [-0.05, 0) is 39.0 Å². The van der Waals surface area contributed by atoms with Crippen molar-refractivity contribution in [1.29, 1.82) is 0 Å². The van der Waals surface area contributed by atoms with Gasteiger partial charge >= 0.3 is 6.03 Å². The summed E-state index contributed by atoms with van der Waals surface area (Å²) in [7, 11) is 0. The van der Waals surface area contributed by atoms with E-state index in [0.29, 0.717) is 13.1 Å². The fraction of sp³-hybridized carbons (Fsp3) is 0.882. The molecule has 2 N–H and O–H groups in total. The first kappa shape index (κ1) is 18.0. The molecule has 6 heteroatoms. The maximum absolute atomic E-state index is 12.4. The molecule has 2 aliphatic rings. The van der Waals surface area contributed by atoms with E-state index >= 15 is 0 Å². The van der Waals surface area contributed by atoms with Crippen molar-refractivity contribution < 1.29 is 14.3 Å². The number of carbonyl (C=O) groups excluding carboxylic acids is 2. The molecular formula is C17H31N3O3. The summed E-state index contributed by atoms with van der Waals surface area (Å²) in [6, 6.07) is 0.109. The Hall–Kier alpha value is -1.30. The van der Waals surface area contributed by atoms with Gasteiger partial charge in [-0.1, -0.05) is 13.3 Å². The predicted octanol–water partition coefficient (Wildman–Crippen LogP) is 1.89. The Labute approximate surface area is 139 Å². The molecule has 0 aromatic heterocycles. The number of ether oxygens (including phenoxy) is 1. The van der Waals surface area contributed by atoms with Crippen LogP contribution in [-0.4, -0.2) is 55.2 Å². The molecule has 2 heterocycles. The van der Waals surface area contributed by atoms with Crippen LogP contribution in [0.3, 0.4) is 0 Å². The second-order valence-corrected chi connectivity index (χ2v) is 6.74. The van der Waals surface area contributed by atoms with Gasteiger partial charge in [0.15, 0.2) is 0 Å². The van der Waals surface area contributed by atoms with E-state index in [0.717, 1.165) is 51.7 Å². The van der Waals surface area contributed by atoms with Crippen molar-refractivity contribution in [3.05, 3.63) is 0 Å². The van der Waals surface area contributed by atoms with Crippen molar-refractivity contribution in [2.24, 2.45) is 5.92 Å². The van der Waals surface area contributed by atoms with E-state index in [2.05, 4.69) is 24.5 Å². The van der Waals surface area contributed by atoms with Gasteiger partial charge in [0.1, 0.15) is 0 Å². The van der Waals surface area contributed by atoms with Gasteiger partial charge in [0, 0.05) is 32.3 Å². The minimum Gasteiger partial charge on any atom is -0.376 e. The largest absolute Gasteiger partial charge is 0.376 e. The minimum absolute atomic E-state index is 0.0703. The molecule has 3 atom stereocenters. The maximum atomic E-state index is 12.4. The molecule has 0 radical (unpaired) electrons. The van der Waals surface area contributed by atoms with Crippen molar-refractivity contribution >= 4 is 11.9 Å². The van der Waals surface area contributed by atoms with Crippen molar-refractivity contribution in [1.82, 2.24) is 15.5 Å². The lowest BCUT2D eigenvalue weighted by atomic mass is 9.93. The lowest BCUT2D eigenvalue weighted by Gasteiger charge is -2.37. The van der Waals surface area contributed by atoms with Crippen molar-refractivity contribution in [2.45, 2.75) is 64.5 Å². The van der Waals surface area contributed by atoms with Crippen molar-refractivity contribution in [3.63, 3.8) is 0 Å². The molecule has 0 aromatic carbocycles. The van der Waals surface area contributed by atoms with Crippen LogP contribution in [0.5, 0.6) is 0 Å². The third kappa shape index (κ3) is 5.37. The number of amides is 3. The molecule has 0 aromatic rings. The molecule has 2 saturated heterocycles. The second-order valence-electron chi connectivity index (χ2n) is 6.74. The summed E-state index contributed by atoms with van der Waals surface area (Å²) in [6.07, 6.45) is 6.03. The summed E-state index contributed by atoms with van der Waals surface area (Å²) in [5, 5.41) is 5.95. The van der Waals surface area contributed by atoms with Crippen LogP contribution in [0, 0.1) is 5.92 Å². The van der Waals surface area contributed by atoms with Crippen LogP contribution in [-0.2, 0) is 9.53 Å². The van der Waals surface area contributed by atoms with Crippen molar-refractivity contribution in [3.8, 4) is 0 Å². The normalized spacial score (nSPS) is 27.7. The highest BCUT2D eigenvalue weighted by molar-refractivity contribution is 5.81. The minimum atomic E-state index is -0.0865. The first-order chi connectivity index (χ1) is 11.1. The Balaban J connectivity index is 1.79. The van der Waals surface area contributed by atoms with E-state index in [1.807, 2.05) is 4.90 Å². The molecular weight excluding hydrogens is 294 g/mol. The Morgan fingerprint density at radius 3 is 2.74 bits per heavy atom. The number of carbonyl (C=O) groups is 2. The quantitative estimate of drug-likeness (QED) is 0.733. The van der Waals surface area contributed by atoms with E-state index in [1.54, 1.807) is 0 Å². The number of hydrogen-bond donors (Lipinski definition) is 2. The maximum Gasteiger partial charge on any atom is 0.317 e. The third-order valence-electron chi connectivity index (χ3n) is 4.85. The number of nitrogens with one attached hydrogen (secondary N) is 2. The SMILES string of the molecule is CCCCNC(=O)[C@@H]1CC[C@@H](C)N(C(=O)NC[C@H]2CCCO2)C1. The summed E-state index contributed by atoms with van der Waals surface area (Å²) >= 11 is 0. The number of piperidine rings is 1. The molecule has 0 spiro atoms. The van der Waals surface area contributed by atoms with Gasteiger partial charge in [-0.3, -0.25) is 4.79 Å². The van der Waals surface area contributed by atoms with E-state index in [9.17, 15) is 9.59 Å². The van der Waals surface area contributed by atoms with Crippen LogP contribution >= 0.6 is 0 Å². The molecule has 2 aliphatic heterocycles. The monoisotopic (exact) mass is 325 g/mol. The molecule has 23 heavy (non-hydrogen) atoms. The van der Waals surface area contributed by atoms with Crippen molar-refractivity contribution in [2.75, 3.05) is 26.2 Å². The summed E-state index contributed by atoms with van der Waals surface area (Å²) < 4.78 is 5.53. The van der Waals surface area contributed by atoms with E-state index < -0.39 is 0 Å². The zero-order valence-corrected chi connectivity index (χ0v) is 14.5. The lowest BCUT2D eigenvalue weighted by Crippen LogP contribution is -2.53. The average molecular weight is 325 g/mol. The highest BCUT2D eigenvalue weighted by Gasteiger charge is 2.32. The smallest absolute Gasteiger partial charge is 0.317 e. The summed E-state index contributed by atoms with van der Waals surface area (Å²) in [5.41, 5.74) is 0. The molecule has 2 rings (SSSR count).